The molecule has 0 saturated carbocycles. The zero-order chi connectivity index (χ0) is 26.3. The second-order valence-corrected chi connectivity index (χ2v) is 11.2. The molecule has 2 atom stereocenters. The van der Waals surface area contributed by atoms with Crippen LogP contribution in [0.3, 0.4) is 0 Å². The van der Waals surface area contributed by atoms with Gasteiger partial charge in [-0.25, -0.2) is 17.5 Å². The summed E-state index contributed by atoms with van der Waals surface area (Å²) in [6, 6.07) is 14.3. The van der Waals surface area contributed by atoms with Crippen molar-refractivity contribution in [2.24, 2.45) is 0 Å². The second-order valence-electron chi connectivity index (χ2n) is 9.47. The average molecular weight is 515 g/mol. The van der Waals surface area contributed by atoms with Gasteiger partial charge in [0.25, 0.3) is 5.91 Å². The van der Waals surface area contributed by atoms with Gasteiger partial charge in [0.05, 0.1) is 17.0 Å². The first-order valence-electron chi connectivity index (χ1n) is 11.4. The van der Waals surface area contributed by atoms with Gasteiger partial charge in [-0.15, -0.1) is 0 Å². The number of aromatic nitrogens is 1. The lowest BCUT2D eigenvalue weighted by Gasteiger charge is -2.25. The molecule has 1 amide bonds. The number of benzene rings is 2. The summed E-state index contributed by atoms with van der Waals surface area (Å²) in [7, 11) is -3.66. The van der Waals surface area contributed by atoms with Crippen molar-refractivity contribution in [3.8, 4) is 0 Å². The van der Waals surface area contributed by atoms with E-state index in [-0.39, 0.29) is 17.0 Å². The van der Waals surface area contributed by atoms with Gasteiger partial charge in [0.1, 0.15) is 5.82 Å². The molecule has 3 rings (SSSR count). The Kier molecular flexibility index (Phi) is 8.78. The van der Waals surface area contributed by atoms with Crippen molar-refractivity contribution in [1.82, 2.24) is 15.0 Å². The fourth-order valence-electron chi connectivity index (χ4n) is 3.49. The molecule has 36 heavy (non-hydrogen) atoms. The maximum absolute atomic E-state index is 13.2. The summed E-state index contributed by atoms with van der Waals surface area (Å²) in [5, 5.41) is 16.8. The van der Waals surface area contributed by atoms with E-state index in [1.807, 2.05) is 0 Å². The van der Waals surface area contributed by atoms with Crippen molar-refractivity contribution < 1.29 is 22.7 Å². The Balaban J connectivity index is 1.68. The van der Waals surface area contributed by atoms with Gasteiger partial charge in [-0.2, -0.15) is 0 Å². The van der Waals surface area contributed by atoms with Crippen molar-refractivity contribution in [2.75, 3.05) is 11.9 Å². The van der Waals surface area contributed by atoms with Crippen molar-refractivity contribution >= 4 is 21.6 Å². The number of aliphatic hydroxyl groups excluding tert-OH is 1. The summed E-state index contributed by atoms with van der Waals surface area (Å²) < 4.78 is 40.8. The van der Waals surface area contributed by atoms with Crippen LogP contribution in [0.1, 0.15) is 36.7 Å². The van der Waals surface area contributed by atoms with Gasteiger partial charge in [-0.3, -0.25) is 9.78 Å². The Labute approximate surface area is 211 Å². The predicted molar refractivity (Wildman–Crippen MR) is 137 cm³/mol. The lowest BCUT2D eigenvalue weighted by atomic mass is 10.0. The highest BCUT2D eigenvalue weighted by atomic mass is 32.2. The molecule has 1 aromatic heterocycles. The highest BCUT2D eigenvalue weighted by Gasteiger charge is 2.24. The number of amides is 1. The van der Waals surface area contributed by atoms with E-state index in [2.05, 4.69) is 20.3 Å². The van der Waals surface area contributed by atoms with Crippen LogP contribution in [-0.4, -0.2) is 48.6 Å². The Morgan fingerprint density at radius 2 is 1.61 bits per heavy atom. The highest BCUT2D eigenvalue weighted by molar-refractivity contribution is 7.89. The first kappa shape index (κ1) is 27.3. The smallest absolute Gasteiger partial charge is 0.251 e. The molecule has 0 saturated heterocycles. The normalized spacial score (nSPS) is 13.6. The number of hydrogen-bond donors (Lipinski definition) is 4. The van der Waals surface area contributed by atoms with Crippen molar-refractivity contribution in [3.63, 3.8) is 0 Å². The van der Waals surface area contributed by atoms with Crippen molar-refractivity contribution in [2.45, 2.75) is 49.8 Å². The Hall–Kier alpha value is -3.34. The summed E-state index contributed by atoms with van der Waals surface area (Å²) in [6.07, 6.45) is 2.60. The minimum Gasteiger partial charge on any atom is -0.389 e. The standard InChI is InChI=1S/C26H31FN4O4S/c1-26(2,3)31-36(34,35)22-10-8-21(9-11-22)29-17-24(32)23(16-18-12-14-28-15-13-18)30-25(33)19-4-6-20(27)7-5-19/h4-15,23-24,29,31-32H,16-17H2,1-3H3,(H,30,33)/t23-,24-/m0/s1. The average Bonchev–Trinajstić information content (AvgIpc) is 2.82. The van der Waals surface area contributed by atoms with Crippen LogP contribution in [-0.2, 0) is 16.4 Å². The Bertz CT molecular complexity index is 1250. The van der Waals surface area contributed by atoms with Crippen LogP contribution in [0.4, 0.5) is 10.1 Å². The number of anilines is 1. The minimum atomic E-state index is -3.66. The number of nitrogens with one attached hydrogen (secondary N) is 3. The van der Waals surface area contributed by atoms with Gasteiger partial charge in [-0.05, 0) is 93.4 Å². The largest absolute Gasteiger partial charge is 0.389 e. The predicted octanol–water partition coefficient (Wildman–Crippen LogP) is 3.11. The number of nitrogens with zero attached hydrogens (tertiary/aromatic N) is 1. The molecule has 1 heterocycles. The van der Waals surface area contributed by atoms with E-state index in [4.69, 9.17) is 0 Å². The summed E-state index contributed by atoms with van der Waals surface area (Å²) in [6.45, 7) is 5.38. The second kappa shape index (κ2) is 11.6. The third-order valence-corrected chi connectivity index (χ3v) is 6.99. The molecule has 4 N–H and O–H groups in total. The van der Waals surface area contributed by atoms with Gasteiger partial charge in [0.15, 0.2) is 0 Å². The van der Waals surface area contributed by atoms with Gasteiger partial charge in [0.2, 0.25) is 10.0 Å². The zero-order valence-corrected chi connectivity index (χ0v) is 21.2. The van der Waals surface area contributed by atoms with Gasteiger partial charge >= 0.3 is 0 Å². The van der Waals surface area contributed by atoms with E-state index in [0.29, 0.717) is 12.1 Å². The summed E-state index contributed by atoms with van der Waals surface area (Å²) >= 11 is 0. The van der Waals surface area contributed by atoms with Crippen LogP contribution in [0.2, 0.25) is 0 Å². The summed E-state index contributed by atoms with van der Waals surface area (Å²) in [5.41, 5.74) is 1.14. The maximum atomic E-state index is 13.2. The third-order valence-electron chi connectivity index (χ3n) is 5.21. The number of hydrogen-bond acceptors (Lipinski definition) is 6. The number of carbonyl (C=O) groups excluding carboxylic acids is 1. The lowest BCUT2D eigenvalue weighted by molar-refractivity contribution is 0.0851. The molecule has 2 aromatic carbocycles. The Morgan fingerprint density at radius 1 is 1.00 bits per heavy atom. The van der Waals surface area contributed by atoms with E-state index >= 15 is 0 Å². The SMILES string of the molecule is CC(C)(C)NS(=O)(=O)c1ccc(NC[C@H](O)[C@H](Cc2ccncc2)NC(=O)c2ccc(F)cc2)cc1. The van der Waals surface area contributed by atoms with E-state index in [1.54, 1.807) is 57.4 Å². The topological polar surface area (TPSA) is 120 Å². The van der Waals surface area contributed by atoms with Crippen LogP contribution in [0.25, 0.3) is 0 Å². The molecule has 0 unspecified atom stereocenters. The molecule has 8 nitrogen and oxygen atoms in total. The molecule has 0 bridgehead atoms. The number of carbonyl (C=O) groups is 1. The Morgan fingerprint density at radius 3 is 2.19 bits per heavy atom. The molecule has 0 spiro atoms. The fourth-order valence-corrected chi connectivity index (χ4v) is 4.91. The number of rotatable bonds is 10. The molecule has 3 aromatic rings. The number of sulfonamides is 1. The highest BCUT2D eigenvalue weighted by Crippen LogP contribution is 2.17. The van der Waals surface area contributed by atoms with E-state index < -0.39 is 39.4 Å². The monoisotopic (exact) mass is 514 g/mol. The molecular weight excluding hydrogens is 483 g/mol. The minimum absolute atomic E-state index is 0.0891. The first-order valence-corrected chi connectivity index (χ1v) is 12.9. The molecule has 10 heteroatoms. The maximum Gasteiger partial charge on any atom is 0.251 e. The zero-order valence-electron chi connectivity index (χ0n) is 20.4. The fraction of sp³-hybridized carbons (Fsp3) is 0.308. The van der Waals surface area contributed by atoms with E-state index in [9.17, 15) is 22.7 Å². The van der Waals surface area contributed by atoms with Crippen LogP contribution in [0.5, 0.6) is 0 Å². The molecule has 192 valence electrons. The number of pyridine rings is 1. The van der Waals surface area contributed by atoms with E-state index in [1.165, 1.54) is 36.4 Å². The quantitative estimate of drug-likeness (QED) is 0.330. The molecule has 0 aliphatic heterocycles. The molecular formula is C26H31FN4O4S. The summed E-state index contributed by atoms with van der Waals surface area (Å²) in [4.78, 5) is 16.8. The van der Waals surface area contributed by atoms with Crippen molar-refractivity contribution in [3.05, 3.63) is 90.0 Å². The lowest BCUT2D eigenvalue weighted by Crippen LogP contribution is -2.47. The summed E-state index contributed by atoms with van der Waals surface area (Å²) in [5.74, 6) is -0.883. The van der Waals surface area contributed by atoms with Crippen LogP contribution >= 0.6 is 0 Å². The molecule has 0 fully saturated rings. The van der Waals surface area contributed by atoms with Crippen LogP contribution in [0.15, 0.2) is 78.0 Å². The molecule has 0 aliphatic rings. The number of aliphatic hydroxyl groups is 1. The van der Waals surface area contributed by atoms with Gasteiger partial charge in [0, 0.05) is 35.7 Å². The third kappa shape index (κ3) is 8.11. The molecule has 0 radical (unpaired) electrons. The van der Waals surface area contributed by atoms with Crippen LogP contribution < -0.4 is 15.4 Å². The number of halogens is 1. The van der Waals surface area contributed by atoms with Gasteiger partial charge in [-0.1, -0.05) is 0 Å². The molecule has 0 aliphatic carbocycles. The van der Waals surface area contributed by atoms with Gasteiger partial charge < -0.3 is 15.7 Å². The van der Waals surface area contributed by atoms with Crippen LogP contribution in [0, 0.1) is 5.82 Å². The first-order chi connectivity index (χ1) is 16.9. The van der Waals surface area contributed by atoms with E-state index in [0.717, 1.165) is 5.56 Å². The van der Waals surface area contributed by atoms with Crippen molar-refractivity contribution in [1.29, 1.82) is 0 Å².